The summed E-state index contributed by atoms with van der Waals surface area (Å²) in [6.07, 6.45) is 3.35. The van der Waals surface area contributed by atoms with Crippen molar-refractivity contribution in [3.63, 3.8) is 0 Å². The van der Waals surface area contributed by atoms with E-state index < -0.39 is 23.7 Å². The summed E-state index contributed by atoms with van der Waals surface area (Å²) in [5.74, 6) is 1.60. The molecule has 270 valence electrons. The summed E-state index contributed by atoms with van der Waals surface area (Å²) in [6, 6.07) is 42.6. The van der Waals surface area contributed by atoms with E-state index in [4.69, 9.17) is 35.6 Å². The Balaban J connectivity index is 1.18. The van der Waals surface area contributed by atoms with Gasteiger partial charge in [-0.1, -0.05) is 109 Å². The summed E-state index contributed by atoms with van der Waals surface area (Å²) >= 11 is 6.29. The molecule has 4 heterocycles. The minimum absolute atomic E-state index is 0.303. The fraction of sp³-hybridized carbons (Fsp3) is 0.149. The van der Waals surface area contributed by atoms with Gasteiger partial charge in [0.15, 0.2) is 0 Å². The summed E-state index contributed by atoms with van der Waals surface area (Å²) in [5.41, 5.74) is 12.3. The molecular formula is C47H34BClN4O3. The van der Waals surface area contributed by atoms with Crippen LogP contribution in [0.4, 0.5) is 0 Å². The highest BCUT2D eigenvalue weighted by Gasteiger charge is 2.55. The molecule has 8 aromatic rings. The predicted molar refractivity (Wildman–Crippen MR) is 222 cm³/mol. The summed E-state index contributed by atoms with van der Waals surface area (Å²) < 4.78 is 20.6. The van der Waals surface area contributed by atoms with Gasteiger partial charge in [0, 0.05) is 22.3 Å². The van der Waals surface area contributed by atoms with Crippen molar-refractivity contribution in [3.8, 4) is 45.0 Å². The molecule has 0 saturated carbocycles. The number of hydrogen-bond donors (Lipinski definition) is 0. The van der Waals surface area contributed by atoms with Crippen LogP contribution in [0, 0.1) is 0 Å². The van der Waals surface area contributed by atoms with Crippen LogP contribution in [0.15, 0.2) is 134 Å². The van der Waals surface area contributed by atoms with Gasteiger partial charge in [-0.05, 0) is 85.2 Å². The number of nitrogens with zero attached hydrogens (tertiary/aromatic N) is 4. The van der Waals surface area contributed by atoms with Crippen molar-refractivity contribution in [2.24, 2.45) is 0 Å². The Morgan fingerprint density at radius 2 is 1.16 bits per heavy atom. The molecule has 1 saturated heterocycles. The number of hydrogen-bond acceptors (Lipinski definition) is 7. The largest absolute Gasteiger partial charge is 0.494 e. The van der Waals surface area contributed by atoms with Crippen molar-refractivity contribution >= 4 is 46.2 Å². The Bertz CT molecular complexity index is 2900. The van der Waals surface area contributed by atoms with E-state index in [0.29, 0.717) is 32.9 Å². The molecule has 9 heteroatoms. The monoisotopic (exact) mass is 748 g/mol. The number of aromatic nitrogens is 4. The van der Waals surface area contributed by atoms with Crippen LogP contribution < -0.4 is 10.2 Å². The first kappa shape index (κ1) is 33.4. The Morgan fingerprint density at radius 3 is 1.88 bits per heavy atom. The zero-order valence-corrected chi connectivity index (χ0v) is 31.9. The summed E-state index contributed by atoms with van der Waals surface area (Å²) in [6.45, 7) is 8.36. The van der Waals surface area contributed by atoms with Crippen molar-refractivity contribution in [1.29, 1.82) is 0 Å². The number of rotatable bonds is 3. The molecule has 0 unspecified atom stereocenters. The van der Waals surface area contributed by atoms with E-state index in [1.807, 2.05) is 18.2 Å². The van der Waals surface area contributed by atoms with Crippen molar-refractivity contribution in [2.75, 3.05) is 0 Å². The zero-order valence-electron chi connectivity index (χ0n) is 31.2. The highest BCUT2D eigenvalue weighted by Crippen LogP contribution is 2.63. The molecule has 2 aliphatic heterocycles. The van der Waals surface area contributed by atoms with Crippen LogP contribution in [0.25, 0.3) is 55.6 Å². The van der Waals surface area contributed by atoms with Crippen LogP contribution in [-0.2, 0) is 14.7 Å². The zero-order chi connectivity index (χ0) is 38.0. The van der Waals surface area contributed by atoms with E-state index in [9.17, 15) is 0 Å². The van der Waals surface area contributed by atoms with E-state index in [-0.39, 0.29) is 0 Å². The second-order valence-corrected chi connectivity index (χ2v) is 16.2. The Kier molecular flexibility index (Phi) is 7.04. The smallest absolute Gasteiger partial charge is 0.456 e. The third-order valence-electron chi connectivity index (χ3n) is 12.2. The molecule has 6 aromatic carbocycles. The maximum atomic E-state index is 7.10. The second-order valence-electron chi connectivity index (χ2n) is 15.8. The van der Waals surface area contributed by atoms with E-state index in [1.165, 1.54) is 22.3 Å². The minimum Gasteiger partial charge on any atom is -0.456 e. The first-order valence-electron chi connectivity index (χ1n) is 18.8. The SMILES string of the molecule is CC1(C)OB(c2cc(-c3cccc(-c4cnc5ccc6ncc(Cl)nc6c5n4)c3)c3c(c2)C2(c4ccccc4O3)c3ccccc3-c3ccccc32)OC1(C)C. The van der Waals surface area contributed by atoms with Crippen LogP contribution >= 0.6 is 11.6 Å². The summed E-state index contributed by atoms with van der Waals surface area (Å²) in [4.78, 5) is 18.9. The van der Waals surface area contributed by atoms with Gasteiger partial charge in [-0.2, -0.15) is 0 Å². The van der Waals surface area contributed by atoms with Gasteiger partial charge in [0.25, 0.3) is 0 Å². The number of halogens is 1. The average molecular weight is 749 g/mol. The molecule has 3 aliphatic rings. The van der Waals surface area contributed by atoms with Crippen LogP contribution in [-0.4, -0.2) is 38.3 Å². The highest BCUT2D eigenvalue weighted by atomic mass is 35.5. The lowest BCUT2D eigenvalue weighted by Gasteiger charge is -2.40. The van der Waals surface area contributed by atoms with Gasteiger partial charge in [0.05, 0.1) is 45.7 Å². The standard InChI is InChI=1S/C47H34BClN4O3/c1-45(2)46(3,4)56-48(55-45)29-23-32(27-12-11-13-28(22-27)39-25-50-37-20-21-38-43(42(37)52-39)53-41(49)26-51-38)44-36(24-29)47(35-18-9-10-19-40(35)54-44)33-16-7-5-14-30(33)31-15-6-8-17-34(31)47/h5-26H,1-4H3. The van der Waals surface area contributed by atoms with Crippen molar-refractivity contribution < 1.29 is 14.0 Å². The van der Waals surface area contributed by atoms with Crippen LogP contribution in [0.5, 0.6) is 11.5 Å². The van der Waals surface area contributed by atoms with Crippen molar-refractivity contribution in [2.45, 2.75) is 44.3 Å². The lowest BCUT2D eigenvalue weighted by molar-refractivity contribution is 0.00578. The normalized spacial score (nSPS) is 16.7. The molecule has 56 heavy (non-hydrogen) atoms. The molecule has 2 aromatic heterocycles. The molecular weight excluding hydrogens is 715 g/mol. The summed E-state index contributed by atoms with van der Waals surface area (Å²) in [7, 11) is -0.610. The predicted octanol–water partition coefficient (Wildman–Crippen LogP) is 10.3. The average Bonchev–Trinajstić information content (AvgIpc) is 3.63. The number of ether oxygens (including phenoxy) is 1. The van der Waals surface area contributed by atoms with Crippen molar-refractivity contribution in [3.05, 3.63) is 161 Å². The van der Waals surface area contributed by atoms with Crippen molar-refractivity contribution in [1.82, 2.24) is 19.9 Å². The lowest BCUT2D eigenvalue weighted by atomic mass is 9.63. The molecule has 0 N–H and O–H groups in total. The summed E-state index contributed by atoms with van der Waals surface area (Å²) in [5, 5.41) is 0.303. The topological polar surface area (TPSA) is 79.3 Å². The lowest BCUT2D eigenvalue weighted by Crippen LogP contribution is -2.41. The molecule has 1 spiro atoms. The maximum Gasteiger partial charge on any atom is 0.494 e. The Morgan fingerprint density at radius 1 is 0.554 bits per heavy atom. The van der Waals surface area contributed by atoms with Crippen LogP contribution in [0.3, 0.4) is 0 Å². The van der Waals surface area contributed by atoms with E-state index in [2.05, 4.69) is 141 Å². The number of fused-ring (bicyclic) bond motifs is 12. The quantitative estimate of drug-likeness (QED) is 0.131. The van der Waals surface area contributed by atoms with E-state index in [0.717, 1.165) is 44.8 Å². The molecule has 11 rings (SSSR count). The van der Waals surface area contributed by atoms with E-state index in [1.54, 1.807) is 12.4 Å². The van der Waals surface area contributed by atoms with E-state index >= 15 is 0 Å². The fourth-order valence-electron chi connectivity index (χ4n) is 8.82. The number of para-hydroxylation sites is 1. The minimum atomic E-state index is -0.670. The maximum absolute atomic E-state index is 7.10. The van der Waals surface area contributed by atoms with Gasteiger partial charge in [-0.15, -0.1) is 0 Å². The molecule has 0 bridgehead atoms. The molecule has 0 amide bonds. The first-order chi connectivity index (χ1) is 27.1. The van der Waals surface area contributed by atoms with Gasteiger partial charge in [-0.3, -0.25) is 9.97 Å². The van der Waals surface area contributed by atoms with Gasteiger partial charge in [0.1, 0.15) is 27.7 Å². The third kappa shape index (κ3) is 4.67. The Labute approximate surface area is 329 Å². The molecule has 1 fully saturated rings. The van der Waals surface area contributed by atoms with Crippen LogP contribution in [0.2, 0.25) is 5.15 Å². The van der Waals surface area contributed by atoms with Crippen LogP contribution in [0.1, 0.15) is 49.9 Å². The number of benzene rings is 6. The fourth-order valence-corrected chi connectivity index (χ4v) is 8.95. The molecule has 1 aliphatic carbocycles. The highest BCUT2D eigenvalue weighted by molar-refractivity contribution is 6.62. The Hall–Kier alpha value is -5.93. The van der Waals surface area contributed by atoms with Gasteiger partial charge in [-0.25, -0.2) is 9.97 Å². The molecule has 0 atom stereocenters. The van der Waals surface area contributed by atoms with Gasteiger partial charge >= 0.3 is 7.12 Å². The van der Waals surface area contributed by atoms with Gasteiger partial charge < -0.3 is 14.0 Å². The first-order valence-corrected chi connectivity index (χ1v) is 19.2. The van der Waals surface area contributed by atoms with Gasteiger partial charge in [0.2, 0.25) is 0 Å². The third-order valence-corrected chi connectivity index (χ3v) is 12.3. The molecule has 0 radical (unpaired) electrons. The molecule has 7 nitrogen and oxygen atoms in total. The second kappa shape index (κ2) is 11.8.